The quantitative estimate of drug-likeness (QED) is 0.297. The van der Waals surface area contributed by atoms with Crippen LogP contribution >= 0.6 is 0 Å². The first-order valence-electron chi connectivity index (χ1n) is 7.21. The van der Waals surface area contributed by atoms with Gasteiger partial charge >= 0.3 is 41.0 Å². The second kappa shape index (κ2) is 7.87. The van der Waals surface area contributed by atoms with E-state index in [1.807, 2.05) is 0 Å². The minimum Gasteiger partial charge on any atom is -0.206 e. The number of sulfonamides is 1. The molecule has 0 aliphatic rings. The molecule has 0 unspecified atom stereocenters. The van der Waals surface area contributed by atoms with Crippen molar-refractivity contribution < 1.29 is 74.3 Å². The van der Waals surface area contributed by atoms with E-state index in [-0.39, 0.29) is 0 Å². The lowest BCUT2D eigenvalue weighted by atomic mass is 9.94. The van der Waals surface area contributed by atoms with Crippen molar-refractivity contribution in [1.82, 2.24) is 4.31 Å². The normalized spacial score (nSPS) is 16.0. The highest BCUT2D eigenvalue weighted by molar-refractivity contribution is 7.90. The first-order chi connectivity index (χ1) is 13.3. The van der Waals surface area contributed by atoms with Gasteiger partial charge in [-0.25, -0.2) is 8.42 Å². The van der Waals surface area contributed by atoms with Gasteiger partial charge in [-0.2, -0.15) is 70.2 Å². The zero-order valence-corrected chi connectivity index (χ0v) is 15.4. The highest BCUT2D eigenvalue weighted by Gasteiger charge is 2.94. The molecule has 31 heavy (non-hydrogen) atoms. The van der Waals surface area contributed by atoms with Crippen LogP contribution < -0.4 is 0 Å². The lowest BCUT2D eigenvalue weighted by Gasteiger charge is -2.41. The molecule has 0 aliphatic carbocycles. The van der Waals surface area contributed by atoms with Crippen molar-refractivity contribution in [3.8, 4) is 0 Å². The summed E-state index contributed by atoms with van der Waals surface area (Å²) in [6.45, 7) is 0.877. The molecule has 0 saturated heterocycles. The predicted molar refractivity (Wildman–Crippen MR) is 72.1 cm³/mol. The van der Waals surface area contributed by atoms with Crippen LogP contribution in [0.3, 0.4) is 0 Å². The van der Waals surface area contributed by atoms with Gasteiger partial charge in [-0.05, 0) is 0 Å². The van der Waals surface area contributed by atoms with Gasteiger partial charge in [0.2, 0.25) is 0 Å². The molecule has 3 nitrogen and oxygen atoms in total. The molecule has 0 rings (SSSR count). The summed E-state index contributed by atoms with van der Waals surface area (Å²) in [4.78, 5) is 0. The summed E-state index contributed by atoms with van der Waals surface area (Å²) in [6.07, 6.45) is -7.32. The number of rotatable bonds is 10. The Morgan fingerprint density at radius 1 is 0.677 bits per heavy atom. The molecule has 0 bridgehead atoms. The fourth-order valence-electron chi connectivity index (χ4n) is 1.82. The number of likely N-dealkylation sites (N-methyl/N-ethyl adjacent to an activating group) is 1. The lowest BCUT2D eigenvalue weighted by Crippen LogP contribution is -2.73. The van der Waals surface area contributed by atoms with Crippen LogP contribution in [0.1, 0.15) is 6.92 Å². The molecule has 0 fully saturated rings. The van der Waals surface area contributed by atoms with Crippen molar-refractivity contribution in [3.63, 3.8) is 0 Å². The minimum atomic E-state index is -8.54. The zero-order valence-electron chi connectivity index (χ0n) is 14.5. The van der Waals surface area contributed by atoms with Gasteiger partial charge in [-0.1, -0.05) is 13.0 Å². The molecule has 0 N–H and O–H groups in total. The van der Waals surface area contributed by atoms with Crippen LogP contribution in [-0.2, 0) is 10.0 Å². The van der Waals surface area contributed by atoms with Crippen LogP contribution in [0.4, 0.5) is 65.9 Å². The average Bonchev–Trinajstić information content (AvgIpc) is 2.57. The lowest BCUT2D eigenvalue weighted by molar-refractivity contribution is -0.447. The van der Waals surface area contributed by atoms with E-state index in [9.17, 15) is 74.3 Å². The molecule has 0 aliphatic heterocycles. The summed E-state index contributed by atoms with van der Waals surface area (Å²) in [5.74, 6) is -41.7. The largest absolute Gasteiger partial charge is 0.460 e. The minimum absolute atomic E-state index is 0.417. The fraction of sp³-hybridized carbons (Fsp3) is 0.833. The van der Waals surface area contributed by atoms with Crippen molar-refractivity contribution in [1.29, 1.82) is 0 Å². The van der Waals surface area contributed by atoms with Crippen molar-refractivity contribution in [2.45, 2.75) is 48.0 Å². The Morgan fingerprint density at radius 2 is 1.00 bits per heavy atom. The van der Waals surface area contributed by atoms with Crippen LogP contribution in [0.2, 0.25) is 0 Å². The second-order valence-electron chi connectivity index (χ2n) is 5.63. The first-order valence-corrected chi connectivity index (χ1v) is 8.65. The molecule has 0 saturated carbocycles. The van der Waals surface area contributed by atoms with Crippen LogP contribution in [0.25, 0.3) is 0 Å². The third-order valence-electron chi connectivity index (χ3n) is 3.65. The van der Waals surface area contributed by atoms with Gasteiger partial charge in [0, 0.05) is 13.1 Å². The van der Waals surface area contributed by atoms with Gasteiger partial charge in [0.15, 0.2) is 0 Å². The first kappa shape index (κ1) is 29.6. The molecule has 19 heteroatoms. The molecule has 0 aromatic heterocycles. The van der Waals surface area contributed by atoms with E-state index in [1.54, 1.807) is 0 Å². The Hall–Kier alpha value is -1.40. The van der Waals surface area contributed by atoms with Crippen LogP contribution in [0, 0.1) is 0 Å². The highest BCUT2D eigenvalue weighted by Crippen LogP contribution is 2.63. The molecule has 0 amide bonds. The number of hydrogen-bond acceptors (Lipinski definition) is 2. The smallest absolute Gasteiger partial charge is 0.206 e. The van der Waals surface area contributed by atoms with Crippen molar-refractivity contribution in [2.75, 3.05) is 13.1 Å². The van der Waals surface area contributed by atoms with Gasteiger partial charge in [-0.15, -0.1) is 6.58 Å². The standard InChI is InChI=1S/C12H10F15NO2S/c1-3-5-28(4-2)31(29,30)12(26,27)10(21,22)8(17,18)6(13,14)7(15,16)9(19,20)11(23,24)25/h3H,1,4-5H2,2H3. The Morgan fingerprint density at radius 3 is 1.29 bits per heavy atom. The molecule has 186 valence electrons. The maximum atomic E-state index is 13.8. The Bertz CT molecular complexity index is 771. The molecule has 0 heterocycles. The summed E-state index contributed by atoms with van der Waals surface area (Å²) in [5.41, 5.74) is 0. The fourth-order valence-corrected chi connectivity index (χ4v) is 3.24. The SMILES string of the molecule is C=CCN(CC)S(=O)(=O)C(F)(F)C(F)(F)C(F)(F)C(F)(F)C(F)(F)C(F)(F)C(F)(F)F. The van der Waals surface area contributed by atoms with Crippen LogP contribution in [0.5, 0.6) is 0 Å². The maximum absolute atomic E-state index is 13.8. The van der Waals surface area contributed by atoms with Gasteiger partial charge in [0.25, 0.3) is 10.0 Å². The third kappa shape index (κ3) is 3.84. The van der Waals surface area contributed by atoms with Gasteiger partial charge in [-0.3, -0.25) is 0 Å². The third-order valence-corrected chi connectivity index (χ3v) is 5.64. The Kier molecular flexibility index (Phi) is 7.52. The van der Waals surface area contributed by atoms with E-state index in [1.165, 1.54) is 0 Å². The van der Waals surface area contributed by atoms with Crippen molar-refractivity contribution in [3.05, 3.63) is 12.7 Å². The molecule has 0 radical (unpaired) electrons. The van der Waals surface area contributed by atoms with E-state index in [0.717, 1.165) is 0 Å². The molecular formula is C12H10F15NO2S. The van der Waals surface area contributed by atoms with Crippen molar-refractivity contribution in [2.24, 2.45) is 0 Å². The number of halogens is 15. The summed E-state index contributed by atoms with van der Waals surface area (Å²) < 4.78 is 218. The average molecular weight is 517 g/mol. The predicted octanol–water partition coefficient (Wildman–Crippen LogP) is 5.16. The van der Waals surface area contributed by atoms with Gasteiger partial charge in [0.1, 0.15) is 0 Å². The second-order valence-corrected chi connectivity index (χ2v) is 7.61. The van der Waals surface area contributed by atoms with Crippen LogP contribution in [-0.4, -0.2) is 66.9 Å². The van der Waals surface area contributed by atoms with E-state index in [0.29, 0.717) is 13.0 Å². The number of alkyl halides is 15. The summed E-state index contributed by atoms with van der Waals surface area (Å²) in [5, 5.41) is -7.39. The van der Waals surface area contributed by atoms with Crippen LogP contribution in [0.15, 0.2) is 12.7 Å². The topological polar surface area (TPSA) is 37.4 Å². The van der Waals surface area contributed by atoms with E-state index < -0.39 is 68.5 Å². The Balaban J connectivity index is 6.87. The van der Waals surface area contributed by atoms with E-state index in [2.05, 4.69) is 6.58 Å². The highest BCUT2D eigenvalue weighted by atomic mass is 32.2. The monoisotopic (exact) mass is 517 g/mol. The number of nitrogens with zero attached hydrogens (tertiary/aromatic N) is 1. The van der Waals surface area contributed by atoms with Crippen molar-refractivity contribution >= 4 is 10.0 Å². The summed E-state index contributed by atoms with van der Waals surface area (Å²) in [7, 11) is -7.11. The molecular weight excluding hydrogens is 507 g/mol. The molecule has 0 atom stereocenters. The maximum Gasteiger partial charge on any atom is 0.460 e. The number of hydrogen-bond donors (Lipinski definition) is 0. The zero-order chi connectivity index (χ0) is 25.7. The molecule has 0 spiro atoms. The van der Waals surface area contributed by atoms with Gasteiger partial charge in [0.05, 0.1) is 0 Å². The molecule has 0 aromatic rings. The Labute approximate surface area is 163 Å². The van der Waals surface area contributed by atoms with Gasteiger partial charge < -0.3 is 0 Å². The molecule has 0 aromatic carbocycles. The summed E-state index contributed by atoms with van der Waals surface area (Å²) in [6, 6.07) is 0. The summed E-state index contributed by atoms with van der Waals surface area (Å²) >= 11 is 0. The van der Waals surface area contributed by atoms with E-state index >= 15 is 0 Å². The van der Waals surface area contributed by atoms with E-state index in [4.69, 9.17) is 0 Å².